The third-order valence-electron chi connectivity index (χ3n) is 3.17. The highest BCUT2D eigenvalue weighted by Crippen LogP contribution is 2.16. The van der Waals surface area contributed by atoms with Gasteiger partial charge >= 0.3 is 0 Å². The predicted molar refractivity (Wildman–Crippen MR) is 72.5 cm³/mol. The van der Waals surface area contributed by atoms with Crippen molar-refractivity contribution in [3.8, 4) is 0 Å². The van der Waals surface area contributed by atoms with Gasteiger partial charge in [0.15, 0.2) is 0 Å². The molecule has 0 saturated carbocycles. The van der Waals surface area contributed by atoms with Crippen LogP contribution in [-0.2, 0) is 4.74 Å². The number of hydrogen-bond donors (Lipinski definition) is 3. The molecule has 4 heteroatoms. The van der Waals surface area contributed by atoms with Crippen molar-refractivity contribution < 1.29 is 20.1 Å². The summed E-state index contributed by atoms with van der Waals surface area (Å²) in [6.45, 7) is 4.06. The Morgan fingerprint density at radius 1 is 1.00 bits per heavy atom. The Balaban J connectivity index is 4.07. The second-order valence-corrected chi connectivity index (χ2v) is 4.87. The Morgan fingerprint density at radius 2 is 1.72 bits per heavy atom. The summed E-state index contributed by atoms with van der Waals surface area (Å²) in [6.07, 6.45) is 5.72. The Labute approximate surface area is 111 Å². The lowest BCUT2D eigenvalue weighted by Gasteiger charge is -2.25. The minimum Gasteiger partial charge on any atom is -0.396 e. The van der Waals surface area contributed by atoms with Crippen LogP contribution < -0.4 is 0 Å². The van der Waals surface area contributed by atoms with Crippen molar-refractivity contribution in [1.29, 1.82) is 0 Å². The summed E-state index contributed by atoms with van der Waals surface area (Å²) in [5.41, 5.74) is 0. The first-order chi connectivity index (χ1) is 8.67. The van der Waals surface area contributed by atoms with Crippen LogP contribution in [-0.4, -0.2) is 46.8 Å². The van der Waals surface area contributed by atoms with Gasteiger partial charge in [0.05, 0.1) is 24.9 Å². The van der Waals surface area contributed by atoms with E-state index in [-0.39, 0.29) is 25.4 Å². The van der Waals surface area contributed by atoms with Crippen LogP contribution in [0.2, 0.25) is 0 Å². The first kappa shape index (κ1) is 17.8. The zero-order chi connectivity index (χ0) is 13.8. The van der Waals surface area contributed by atoms with E-state index in [0.29, 0.717) is 12.8 Å². The normalized spacial score (nSPS) is 16.5. The number of aliphatic hydroxyl groups excluding tert-OH is 3. The smallest absolute Gasteiger partial charge is 0.0795 e. The summed E-state index contributed by atoms with van der Waals surface area (Å²) in [5.74, 6) is 0. The molecule has 110 valence electrons. The summed E-state index contributed by atoms with van der Waals surface area (Å²) in [6, 6.07) is 0. The molecule has 0 aliphatic heterocycles. The molecule has 0 aromatic rings. The average Bonchev–Trinajstić information content (AvgIpc) is 2.37. The molecule has 0 heterocycles. The van der Waals surface area contributed by atoms with Crippen molar-refractivity contribution in [2.24, 2.45) is 0 Å². The van der Waals surface area contributed by atoms with Crippen molar-refractivity contribution >= 4 is 0 Å². The molecule has 0 aliphatic rings. The van der Waals surface area contributed by atoms with E-state index in [1.807, 2.05) is 0 Å². The highest BCUT2D eigenvalue weighted by molar-refractivity contribution is 4.67. The van der Waals surface area contributed by atoms with Gasteiger partial charge in [-0.3, -0.25) is 0 Å². The van der Waals surface area contributed by atoms with Crippen molar-refractivity contribution in [2.75, 3.05) is 13.2 Å². The Hall–Kier alpha value is -0.160. The molecule has 3 N–H and O–H groups in total. The molecular formula is C14H30O4. The number of aliphatic hydroxyl groups is 3. The van der Waals surface area contributed by atoms with E-state index in [9.17, 15) is 5.11 Å². The fourth-order valence-electron chi connectivity index (χ4n) is 2.03. The summed E-state index contributed by atoms with van der Waals surface area (Å²) < 4.78 is 5.93. The van der Waals surface area contributed by atoms with Gasteiger partial charge in [-0.15, -0.1) is 0 Å². The lowest BCUT2D eigenvalue weighted by atomic mass is 10.1. The van der Waals surface area contributed by atoms with Crippen LogP contribution in [0.4, 0.5) is 0 Å². The topological polar surface area (TPSA) is 69.9 Å². The molecule has 0 amide bonds. The molecule has 0 aromatic carbocycles. The molecule has 3 unspecified atom stereocenters. The zero-order valence-corrected chi connectivity index (χ0v) is 11.8. The van der Waals surface area contributed by atoms with Crippen LogP contribution in [0.15, 0.2) is 0 Å². The minimum atomic E-state index is -0.755. The lowest BCUT2D eigenvalue weighted by molar-refractivity contribution is -0.0568. The monoisotopic (exact) mass is 262 g/mol. The van der Waals surface area contributed by atoms with Gasteiger partial charge in [0.2, 0.25) is 0 Å². The summed E-state index contributed by atoms with van der Waals surface area (Å²) in [5, 5.41) is 27.3. The molecule has 0 saturated heterocycles. The number of unbranched alkanes of at least 4 members (excludes halogenated alkanes) is 2. The van der Waals surface area contributed by atoms with Crippen LogP contribution in [0.25, 0.3) is 0 Å². The fourth-order valence-corrected chi connectivity index (χ4v) is 2.03. The molecule has 0 aliphatic carbocycles. The van der Waals surface area contributed by atoms with Crippen LogP contribution in [0.1, 0.15) is 58.8 Å². The van der Waals surface area contributed by atoms with Gasteiger partial charge in [-0.2, -0.15) is 0 Å². The molecule has 0 fully saturated rings. The quantitative estimate of drug-likeness (QED) is 0.470. The second kappa shape index (κ2) is 11.9. The van der Waals surface area contributed by atoms with Crippen LogP contribution in [0.3, 0.4) is 0 Å². The third-order valence-corrected chi connectivity index (χ3v) is 3.17. The molecule has 0 bridgehead atoms. The van der Waals surface area contributed by atoms with Crippen molar-refractivity contribution in [1.82, 2.24) is 0 Å². The summed E-state index contributed by atoms with van der Waals surface area (Å²) in [7, 11) is 0. The maximum absolute atomic E-state index is 9.44. The van der Waals surface area contributed by atoms with Crippen LogP contribution in [0.5, 0.6) is 0 Å². The van der Waals surface area contributed by atoms with E-state index >= 15 is 0 Å². The molecule has 18 heavy (non-hydrogen) atoms. The van der Waals surface area contributed by atoms with E-state index in [0.717, 1.165) is 19.3 Å². The SMILES string of the molecule is CCCCCC(CC)OC(CCO)CC(O)CO. The maximum Gasteiger partial charge on any atom is 0.0795 e. The van der Waals surface area contributed by atoms with Gasteiger partial charge in [-0.05, 0) is 19.3 Å². The van der Waals surface area contributed by atoms with E-state index in [4.69, 9.17) is 14.9 Å². The van der Waals surface area contributed by atoms with Crippen LogP contribution in [0, 0.1) is 0 Å². The summed E-state index contributed by atoms with van der Waals surface area (Å²) >= 11 is 0. The number of rotatable bonds is 12. The van der Waals surface area contributed by atoms with Crippen molar-refractivity contribution in [2.45, 2.75) is 77.1 Å². The van der Waals surface area contributed by atoms with Crippen LogP contribution >= 0.6 is 0 Å². The molecule has 0 radical (unpaired) electrons. The second-order valence-electron chi connectivity index (χ2n) is 4.87. The zero-order valence-electron chi connectivity index (χ0n) is 11.8. The Morgan fingerprint density at radius 3 is 2.22 bits per heavy atom. The largest absolute Gasteiger partial charge is 0.396 e. The van der Waals surface area contributed by atoms with E-state index in [1.165, 1.54) is 12.8 Å². The molecular weight excluding hydrogens is 232 g/mol. The Kier molecular flexibility index (Phi) is 11.8. The molecule has 4 nitrogen and oxygen atoms in total. The molecule has 0 rings (SSSR count). The molecule has 0 aromatic heterocycles. The molecule has 0 spiro atoms. The van der Waals surface area contributed by atoms with Gasteiger partial charge < -0.3 is 20.1 Å². The number of hydrogen-bond acceptors (Lipinski definition) is 4. The first-order valence-electron chi connectivity index (χ1n) is 7.23. The first-order valence-corrected chi connectivity index (χ1v) is 7.23. The van der Waals surface area contributed by atoms with Gasteiger partial charge in [0, 0.05) is 13.0 Å². The van der Waals surface area contributed by atoms with E-state index in [2.05, 4.69) is 13.8 Å². The van der Waals surface area contributed by atoms with Gasteiger partial charge in [-0.1, -0.05) is 33.1 Å². The predicted octanol–water partition coefficient (Wildman–Crippen LogP) is 1.86. The summed E-state index contributed by atoms with van der Waals surface area (Å²) in [4.78, 5) is 0. The van der Waals surface area contributed by atoms with Crippen molar-refractivity contribution in [3.05, 3.63) is 0 Å². The van der Waals surface area contributed by atoms with Gasteiger partial charge in [0.1, 0.15) is 0 Å². The van der Waals surface area contributed by atoms with Gasteiger partial charge in [0.25, 0.3) is 0 Å². The fraction of sp³-hybridized carbons (Fsp3) is 1.00. The number of ether oxygens (including phenoxy) is 1. The standard InChI is InChI=1S/C14H30O4/c1-3-5-6-7-13(4-2)18-14(8-9-15)10-12(17)11-16/h12-17H,3-11H2,1-2H3. The lowest BCUT2D eigenvalue weighted by Crippen LogP contribution is -2.28. The molecule has 3 atom stereocenters. The third kappa shape index (κ3) is 8.86. The van der Waals surface area contributed by atoms with Gasteiger partial charge in [-0.25, -0.2) is 0 Å². The minimum absolute atomic E-state index is 0.0498. The highest BCUT2D eigenvalue weighted by Gasteiger charge is 2.18. The van der Waals surface area contributed by atoms with E-state index in [1.54, 1.807) is 0 Å². The average molecular weight is 262 g/mol. The van der Waals surface area contributed by atoms with Crippen molar-refractivity contribution in [3.63, 3.8) is 0 Å². The Bertz CT molecular complexity index is 175. The highest BCUT2D eigenvalue weighted by atomic mass is 16.5. The maximum atomic E-state index is 9.44. The van der Waals surface area contributed by atoms with E-state index < -0.39 is 6.10 Å².